The molecule has 1 aromatic carbocycles. The molecule has 1 unspecified atom stereocenters. The zero-order valence-electron chi connectivity index (χ0n) is 9.25. The average molecular weight is 217 g/mol. The van der Waals surface area contributed by atoms with Crippen LogP contribution in [0.25, 0.3) is 11.0 Å². The molecule has 1 atom stereocenters. The summed E-state index contributed by atoms with van der Waals surface area (Å²) < 4.78 is 0. The van der Waals surface area contributed by atoms with Gasteiger partial charge < -0.3 is 15.4 Å². The van der Waals surface area contributed by atoms with Crippen LogP contribution in [0, 0.1) is 0 Å². The van der Waals surface area contributed by atoms with E-state index in [4.69, 9.17) is 0 Å². The number of nitrogens with one attached hydrogen (secondary N) is 2. The lowest BCUT2D eigenvalue weighted by atomic mass is 10.00. The van der Waals surface area contributed by atoms with E-state index < -0.39 is 0 Å². The fourth-order valence-electron chi connectivity index (χ4n) is 2.36. The van der Waals surface area contributed by atoms with Gasteiger partial charge in [0.2, 0.25) is 0 Å². The molecule has 0 amide bonds. The van der Waals surface area contributed by atoms with E-state index >= 15 is 0 Å². The van der Waals surface area contributed by atoms with Gasteiger partial charge in [-0.15, -0.1) is 0 Å². The normalized spacial score (nSPS) is 25.3. The Morgan fingerprint density at radius 2 is 2.31 bits per heavy atom. The molecule has 3 N–H and O–H groups in total. The summed E-state index contributed by atoms with van der Waals surface area (Å²) >= 11 is 0. The van der Waals surface area contributed by atoms with Crippen molar-refractivity contribution in [2.75, 3.05) is 6.54 Å². The molecular formula is C12H15N3O. The Hall–Kier alpha value is -1.55. The summed E-state index contributed by atoms with van der Waals surface area (Å²) in [6.07, 6.45) is 2.28. The Labute approximate surface area is 93.7 Å². The highest BCUT2D eigenvalue weighted by Gasteiger charge is 2.32. The molecule has 0 saturated carbocycles. The summed E-state index contributed by atoms with van der Waals surface area (Å²) in [4.78, 5) is 7.86. The summed E-state index contributed by atoms with van der Waals surface area (Å²) in [5, 5.41) is 12.9. The molecule has 2 aromatic rings. The fourth-order valence-corrected chi connectivity index (χ4v) is 2.36. The van der Waals surface area contributed by atoms with Crippen molar-refractivity contribution in [2.24, 2.45) is 0 Å². The minimum Gasteiger partial charge on any atom is -0.508 e. The number of rotatable bonds is 1. The second-order valence-electron chi connectivity index (χ2n) is 4.65. The number of hydrogen-bond donors (Lipinski definition) is 3. The van der Waals surface area contributed by atoms with Gasteiger partial charge in [-0.1, -0.05) is 0 Å². The zero-order valence-corrected chi connectivity index (χ0v) is 9.25. The highest BCUT2D eigenvalue weighted by Crippen LogP contribution is 2.30. The number of nitrogens with zero attached hydrogens (tertiary/aromatic N) is 1. The molecule has 4 heteroatoms. The van der Waals surface area contributed by atoms with Gasteiger partial charge in [0.25, 0.3) is 0 Å². The van der Waals surface area contributed by atoms with E-state index in [1.54, 1.807) is 12.1 Å². The van der Waals surface area contributed by atoms with Crippen LogP contribution in [-0.4, -0.2) is 21.6 Å². The first kappa shape index (κ1) is 9.66. The first-order valence-corrected chi connectivity index (χ1v) is 5.62. The third-order valence-corrected chi connectivity index (χ3v) is 3.36. The van der Waals surface area contributed by atoms with Crippen LogP contribution in [0.4, 0.5) is 0 Å². The van der Waals surface area contributed by atoms with E-state index in [0.717, 1.165) is 29.8 Å². The number of aromatic nitrogens is 2. The predicted octanol–water partition coefficient (Wildman–Crippen LogP) is 1.87. The first-order chi connectivity index (χ1) is 7.67. The van der Waals surface area contributed by atoms with Gasteiger partial charge in [0.05, 0.1) is 16.6 Å². The lowest BCUT2D eigenvalue weighted by Gasteiger charge is -2.21. The molecule has 4 nitrogen and oxygen atoms in total. The largest absolute Gasteiger partial charge is 0.508 e. The van der Waals surface area contributed by atoms with Crippen LogP contribution in [-0.2, 0) is 5.54 Å². The Morgan fingerprint density at radius 1 is 1.44 bits per heavy atom. The van der Waals surface area contributed by atoms with Crippen molar-refractivity contribution in [3.63, 3.8) is 0 Å². The molecule has 1 aliphatic heterocycles. The van der Waals surface area contributed by atoms with Crippen molar-refractivity contribution in [1.82, 2.24) is 15.3 Å². The molecule has 16 heavy (non-hydrogen) atoms. The minimum absolute atomic E-state index is 0.0470. The monoisotopic (exact) mass is 217 g/mol. The van der Waals surface area contributed by atoms with Crippen LogP contribution in [0.2, 0.25) is 0 Å². The number of phenols is 1. The summed E-state index contributed by atoms with van der Waals surface area (Å²) in [6.45, 7) is 3.20. The lowest BCUT2D eigenvalue weighted by Crippen LogP contribution is -2.34. The van der Waals surface area contributed by atoms with Crippen LogP contribution in [0.15, 0.2) is 18.2 Å². The second kappa shape index (κ2) is 3.22. The molecule has 0 radical (unpaired) electrons. The minimum atomic E-state index is -0.0470. The maximum absolute atomic E-state index is 9.41. The van der Waals surface area contributed by atoms with E-state index in [9.17, 15) is 5.11 Å². The Morgan fingerprint density at radius 3 is 3.06 bits per heavy atom. The number of phenolic OH excluding ortho intramolecular Hbond substituents is 1. The number of aromatic hydroxyl groups is 1. The maximum atomic E-state index is 9.41. The first-order valence-electron chi connectivity index (χ1n) is 5.62. The number of hydrogen-bond acceptors (Lipinski definition) is 3. The number of aromatic amines is 1. The smallest absolute Gasteiger partial charge is 0.127 e. The molecule has 1 aliphatic rings. The molecule has 0 aliphatic carbocycles. The molecule has 1 fully saturated rings. The van der Waals surface area contributed by atoms with Crippen LogP contribution in [0.1, 0.15) is 25.6 Å². The van der Waals surface area contributed by atoms with Crippen LogP contribution in [0.5, 0.6) is 5.75 Å². The summed E-state index contributed by atoms with van der Waals surface area (Å²) in [7, 11) is 0. The Kier molecular flexibility index (Phi) is 1.94. The number of benzene rings is 1. The van der Waals surface area contributed by atoms with Crippen molar-refractivity contribution in [2.45, 2.75) is 25.3 Å². The highest BCUT2D eigenvalue weighted by atomic mass is 16.3. The molecule has 1 aromatic heterocycles. The third kappa shape index (κ3) is 1.38. The second-order valence-corrected chi connectivity index (χ2v) is 4.65. The van der Waals surface area contributed by atoms with E-state index in [-0.39, 0.29) is 11.3 Å². The standard InChI is InChI=1S/C12H15N3O/c1-12(5-2-6-13-12)11-14-9-4-3-8(16)7-10(9)15-11/h3-4,7,13,16H,2,5-6H2,1H3,(H,14,15). The molecule has 3 rings (SSSR count). The van der Waals surface area contributed by atoms with Crippen molar-refractivity contribution >= 4 is 11.0 Å². The number of fused-ring (bicyclic) bond motifs is 1. The quantitative estimate of drug-likeness (QED) is 0.683. The lowest BCUT2D eigenvalue weighted by molar-refractivity contribution is 0.412. The topological polar surface area (TPSA) is 60.9 Å². The molecular weight excluding hydrogens is 202 g/mol. The van der Waals surface area contributed by atoms with E-state index in [0.29, 0.717) is 0 Å². The molecule has 2 heterocycles. The zero-order chi connectivity index (χ0) is 11.2. The number of H-pyrrole nitrogens is 1. The Bertz CT molecular complexity index is 526. The van der Waals surface area contributed by atoms with E-state index in [1.807, 2.05) is 6.07 Å². The molecule has 1 saturated heterocycles. The fraction of sp³-hybridized carbons (Fsp3) is 0.417. The van der Waals surface area contributed by atoms with Crippen LogP contribution < -0.4 is 5.32 Å². The van der Waals surface area contributed by atoms with Crippen LogP contribution in [0.3, 0.4) is 0 Å². The van der Waals surface area contributed by atoms with Gasteiger partial charge in [-0.25, -0.2) is 4.98 Å². The van der Waals surface area contributed by atoms with Gasteiger partial charge in [0, 0.05) is 6.07 Å². The van der Waals surface area contributed by atoms with Gasteiger partial charge >= 0.3 is 0 Å². The predicted molar refractivity (Wildman–Crippen MR) is 62.3 cm³/mol. The SMILES string of the molecule is CC1(c2nc3ccc(O)cc3[nH]2)CCCN1. The Balaban J connectivity index is 2.11. The van der Waals surface area contributed by atoms with E-state index in [1.165, 1.54) is 6.42 Å². The summed E-state index contributed by atoms with van der Waals surface area (Å²) in [5.41, 5.74) is 1.75. The molecule has 0 spiro atoms. The van der Waals surface area contributed by atoms with Crippen molar-refractivity contribution in [1.29, 1.82) is 0 Å². The highest BCUT2D eigenvalue weighted by molar-refractivity contribution is 5.76. The number of imidazole rings is 1. The van der Waals surface area contributed by atoms with Gasteiger partial charge in [0.15, 0.2) is 0 Å². The molecule has 0 bridgehead atoms. The van der Waals surface area contributed by atoms with Crippen molar-refractivity contribution in [3.8, 4) is 5.75 Å². The van der Waals surface area contributed by atoms with E-state index in [2.05, 4.69) is 22.2 Å². The average Bonchev–Trinajstić information content (AvgIpc) is 2.84. The maximum Gasteiger partial charge on any atom is 0.127 e. The summed E-state index contributed by atoms with van der Waals surface area (Å²) in [6, 6.07) is 5.21. The third-order valence-electron chi connectivity index (χ3n) is 3.36. The summed E-state index contributed by atoms with van der Waals surface area (Å²) in [5.74, 6) is 1.23. The van der Waals surface area contributed by atoms with Crippen molar-refractivity contribution in [3.05, 3.63) is 24.0 Å². The molecule has 84 valence electrons. The van der Waals surface area contributed by atoms with Gasteiger partial charge in [-0.3, -0.25) is 0 Å². The van der Waals surface area contributed by atoms with Gasteiger partial charge in [0.1, 0.15) is 11.6 Å². The van der Waals surface area contributed by atoms with Gasteiger partial charge in [-0.2, -0.15) is 0 Å². The van der Waals surface area contributed by atoms with Crippen molar-refractivity contribution < 1.29 is 5.11 Å². The van der Waals surface area contributed by atoms with Crippen LogP contribution >= 0.6 is 0 Å². The van der Waals surface area contributed by atoms with Gasteiger partial charge in [-0.05, 0) is 38.4 Å².